The number of amides is 2. The Morgan fingerprint density at radius 2 is 1.88 bits per heavy atom. The Hall–Kier alpha value is -2.60. The van der Waals surface area contributed by atoms with Crippen LogP contribution in [0.2, 0.25) is 5.02 Å². The number of carboxylic acid groups (broad SMARTS) is 1. The number of hydrogen-bond donors (Lipinski definition) is 2. The van der Waals surface area contributed by atoms with E-state index in [-0.39, 0.29) is 19.1 Å². The molecule has 0 spiro atoms. The molecule has 3 rings (SSSR count). The lowest BCUT2D eigenvalue weighted by Crippen LogP contribution is -2.38. The molecule has 0 radical (unpaired) electrons. The summed E-state index contributed by atoms with van der Waals surface area (Å²) < 4.78 is 14.3. The van der Waals surface area contributed by atoms with Crippen molar-refractivity contribution >= 4 is 23.6 Å². The van der Waals surface area contributed by atoms with Crippen LogP contribution in [0, 0.1) is 11.7 Å². The number of nitrogens with one attached hydrogen (secondary N) is 1. The maximum atomic E-state index is 14.3. The zero-order chi connectivity index (χ0) is 18.7. The summed E-state index contributed by atoms with van der Waals surface area (Å²) in [6.45, 7) is 0.611. The van der Waals surface area contributed by atoms with E-state index >= 15 is 0 Å². The van der Waals surface area contributed by atoms with Crippen molar-refractivity contribution in [2.24, 2.45) is 5.92 Å². The van der Waals surface area contributed by atoms with E-state index in [1.807, 2.05) is 12.1 Å². The summed E-state index contributed by atoms with van der Waals surface area (Å²) in [6, 6.07) is 11.5. The first-order valence-corrected chi connectivity index (χ1v) is 8.62. The van der Waals surface area contributed by atoms with Crippen LogP contribution in [0.5, 0.6) is 0 Å². The second-order valence-corrected chi connectivity index (χ2v) is 6.68. The van der Waals surface area contributed by atoms with E-state index in [0.717, 1.165) is 11.1 Å². The van der Waals surface area contributed by atoms with Crippen LogP contribution in [0.15, 0.2) is 42.5 Å². The van der Waals surface area contributed by atoms with Gasteiger partial charge in [-0.05, 0) is 35.7 Å². The van der Waals surface area contributed by atoms with Crippen LogP contribution in [0.1, 0.15) is 12.0 Å². The molecule has 26 heavy (non-hydrogen) atoms. The SMILES string of the molecule is O=C(O)C1CCN(C(=O)NCc2ccc(-c3ccc(Cl)cc3)cc2F)C1. The second kappa shape index (κ2) is 7.74. The van der Waals surface area contributed by atoms with Crippen LogP contribution >= 0.6 is 11.6 Å². The molecule has 5 nitrogen and oxygen atoms in total. The summed E-state index contributed by atoms with van der Waals surface area (Å²) in [5.41, 5.74) is 1.93. The van der Waals surface area contributed by atoms with Gasteiger partial charge in [0.05, 0.1) is 5.92 Å². The Morgan fingerprint density at radius 3 is 2.50 bits per heavy atom. The molecule has 1 fully saturated rings. The maximum Gasteiger partial charge on any atom is 0.317 e. The van der Waals surface area contributed by atoms with Crippen molar-refractivity contribution in [2.75, 3.05) is 13.1 Å². The van der Waals surface area contributed by atoms with Crippen LogP contribution in [-0.2, 0) is 11.3 Å². The Morgan fingerprint density at radius 1 is 1.19 bits per heavy atom. The van der Waals surface area contributed by atoms with E-state index in [9.17, 15) is 14.0 Å². The molecule has 1 heterocycles. The first kappa shape index (κ1) is 18.2. The monoisotopic (exact) mass is 376 g/mol. The smallest absolute Gasteiger partial charge is 0.317 e. The van der Waals surface area contributed by atoms with E-state index in [1.54, 1.807) is 24.3 Å². The van der Waals surface area contributed by atoms with Crippen molar-refractivity contribution in [3.63, 3.8) is 0 Å². The van der Waals surface area contributed by atoms with Gasteiger partial charge in [-0.15, -0.1) is 0 Å². The third-order valence-electron chi connectivity index (χ3n) is 4.49. The van der Waals surface area contributed by atoms with Gasteiger partial charge in [-0.25, -0.2) is 9.18 Å². The van der Waals surface area contributed by atoms with E-state index in [2.05, 4.69) is 5.32 Å². The van der Waals surface area contributed by atoms with Gasteiger partial charge in [0.2, 0.25) is 0 Å². The van der Waals surface area contributed by atoms with Crippen LogP contribution in [0.25, 0.3) is 11.1 Å². The van der Waals surface area contributed by atoms with Gasteiger partial charge in [-0.3, -0.25) is 4.79 Å². The number of aliphatic carboxylic acids is 1. The highest BCUT2D eigenvalue weighted by Gasteiger charge is 2.30. The highest BCUT2D eigenvalue weighted by atomic mass is 35.5. The summed E-state index contributed by atoms with van der Waals surface area (Å²) in [6.07, 6.45) is 0.437. The van der Waals surface area contributed by atoms with Crippen LogP contribution in [-0.4, -0.2) is 35.1 Å². The van der Waals surface area contributed by atoms with E-state index in [0.29, 0.717) is 23.6 Å². The lowest BCUT2D eigenvalue weighted by Gasteiger charge is -2.17. The molecular weight excluding hydrogens is 359 g/mol. The molecule has 1 saturated heterocycles. The summed E-state index contributed by atoms with van der Waals surface area (Å²) >= 11 is 5.86. The minimum atomic E-state index is -0.899. The Balaban J connectivity index is 1.61. The predicted octanol–water partition coefficient (Wildman–Crippen LogP) is 3.76. The number of hydrogen-bond acceptors (Lipinski definition) is 2. The fourth-order valence-corrected chi connectivity index (χ4v) is 3.07. The third kappa shape index (κ3) is 4.14. The van der Waals surface area contributed by atoms with Crippen molar-refractivity contribution in [3.05, 3.63) is 58.9 Å². The van der Waals surface area contributed by atoms with Crippen molar-refractivity contribution < 1.29 is 19.1 Å². The quantitative estimate of drug-likeness (QED) is 0.853. The maximum absolute atomic E-state index is 14.3. The van der Waals surface area contributed by atoms with Gasteiger partial charge in [-0.2, -0.15) is 0 Å². The van der Waals surface area contributed by atoms with Gasteiger partial charge < -0.3 is 15.3 Å². The number of likely N-dealkylation sites (tertiary alicyclic amines) is 1. The number of carboxylic acids is 1. The molecule has 1 atom stereocenters. The minimum absolute atomic E-state index is 0.0415. The number of carbonyl (C=O) groups is 2. The molecule has 1 unspecified atom stereocenters. The van der Waals surface area contributed by atoms with Gasteiger partial charge in [0.15, 0.2) is 0 Å². The summed E-state index contributed by atoms with van der Waals surface area (Å²) in [4.78, 5) is 24.5. The van der Waals surface area contributed by atoms with E-state index in [1.165, 1.54) is 11.0 Å². The van der Waals surface area contributed by atoms with Crippen molar-refractivity contribution in [1.29, 1.82) is 0 Å². The van der Waals surface area contributed by atoms with Gasteiger partial charge in [0.1, 0.15) is 5.82 Å². The van der Waals surface area contributed by atoms with E-state index in [4.69, 9.17) is 16.7 Å². The molecule has 0 aliphatic carbocycles. The molecule has 2 amide bonds. The van der Waals surface area contributed by atoms with Crippen molar-refractivity contribution in [3.8, 4) is 11.1 Å². The topological polar surface area (TPSA) is 69.6 Å². The molecular formula is C19H18ClFN2O3. The Kier molecular flexibility index (Phi) is 5.42. The molecule has 0 saturated carbocycles. The zero-order valence-corrected chi connectivity index (χ0v) is 14.7. The van der Waals surface area contributed by atoms with Gasteiger partial charge >= 0.3 is 12.0 Å². The van der Waals surface area contributed by atoms with Crippen molar-refractivity contribution in [2.45, 2.75) is 13.0 Å². The number of rotatable bonds is 4. The number of carbonyl (C=O) groups excluding carboxylic acids is 1. The molecule has 1 aliphatic heterocycles. The lowest BCUT2D eigenvalue weighted by molar-refractivity contribution is -0.141. The van der Waals surface area contributed by atoms with Gasteiger partial charge in [0.25, 0.3) is 0 Å². The van der Waals surface area contributed by atoms with Crippen molar-refractivity contribution in [1.82, 2.24) is 10.2 Å². The average molecular weight is 377 g/mol. The first-order valence-electron chi connectivity index (χ1n) is 8.24. The largest absolute Gasteiger partial charge is 0.481 e. The summed E-state index contributed by atoms with van der Waals surface area (Å²) in [5.74, 6) is -1.84. The number of nitrogens with zero attached hydrogens (tertiary/aromatic N) is 1. The fourth-order valence-electron chi connectivity index (χ4n) is 2.94. The lowest BCUT2D eigenvalue weighted by atomic mass is 10.0. The molecule has 0 bridgehead atoms. The highest BCUT2D eigenvalue weighted by Crippen LogP contribution is 2.24. The molecule has 1 aliphatic rings. The number of urea groups is 1. The molecule has 7 heteroatoms. The van der Waals surface area contributed by atoms with Gasteiger partial charge in [-0.1, -0.05) is 35.9 Å². The van der Waals surface area contributed by atoms with Crippen LogP contribution < -0.4 is 5.32 Å². The van der Waals surface area contributed by atoms with Crippen LogP contribution in [0.3, 0.4) is 0 Å². The molecule has 2 N–H and O–H groups in total. The fraction of sp³-hybridized carbons (Fsp3) is 0.263. The Bertz CT molecular complexity index is 826. The summed E-state index contributed by atoms with van der Waals surface area (Å²) in [7, 11) is 0. The van der Waals surface area contributed by atoms with Crippen LogP contribution in [0.4, 0.5) is 9.18 Å². The number of halogens is 2. The Labute approximate surface area is 155 Å². The third-order valence-corrected chi connectivity index (χ3v) is 4.74. The molecule has 2 aromatic rings. The highest BCUT2D eigenvalue weighted by molar-refractivity contribution is 6.30. The molecule has 136 valence electrons. The predicted molar refractivity (Wildman–Crippen MR) is 96.4 cm³/mol. The second-order valence-electron chi connectivity index (χ2n) is 6.24. The number of benzene rings is 2. The standard InChI is InChI=1S/C19H18ClFN2O3/c20-16-5-3-12(4-6-16)13-1-2-14(17(21)9-13)10-22-19(26)23-8-7-15(11-23)18(24)25/h1-6,9,15H,7-8,10-11H2,(H,22,26)(H,24,25). The molecule has 2 aromatic carbocycles. The summed E-state index contributed by atoms with van der Waals surface area (Å²) in [5, 5.41) is 12.2. The average Bonchev–Trinajstić information content (AvgIpc) is 3.11. The first-order chi connectivity index (χ1) is 12.4. The molecule has 0 aromatic heterocycles. The van der Waals surface area contributed by atoms with E-state index < -0.39 is 17.7 Å². The minimum Gasteiger partial charge on any atom is -0.481 e. The zero-order valence-electron chi connectivity index (χ0n) is 13.9. The normalized spacial score (nSPS) is 16.5. The van der Waals surface area contributed by atoms with Gasteiger partial charge in [0, 0.05) is 30.2 Å².